The highest BCUT2D eigenvalue weighted by Gasteiger charge is 2.24. The number of rotatable bonds is 12. The summed E-state index contributed by atoms with van der Waals surface area (Å²) in [5.41, 5.74) is 1.97. The molecule has 1 aliphatic rings. The predicted molar refractivity (Wildman–Crippen MR) is 168 cm³/mol. The van der Waals surface area contributed by atoms with Gasteiger partial charge in [0.15, 0.2) is 0 Å². The SMILES string of the molecule is CN(CCc1ccccc1)c1ncc(C(=O)NS(=O)(=O)c2ccc(Oc3ccccc3)cc2)c(CCC2CCCCC2)n1. The largest absolute Gasteiger partial charge is 0.457 e. The van der Waals surface area contributed by atoms with Crippen molar-refractivity contribution in [2.24, 2.45) is 5.92 Å². The summed E-state index contributed by atoms with van der Waals surface area (Å²) in [6, 6.07) is 25.4. The van der Waals surface area contributed by atoms with E-state index in [4.69, 9.17) is 9.72 Å². The van der Waals surface area contributed by atoms with Crippen LogP contribution in [0.2, 0.25) is 0 Å². The minimum Gasteiger partial charge on any atom is -0.457 e. The molecule has 0 unspecified atom stereocenters. The van der Waals surface area contributed by atoms with Gasteiger partial charge in [-0.1, -0.05) is 80.6 Å². The number of nitrogens with one attached hydrogen (secondary N) is 1. The minimum atomic E-state index is -4.14. The molecule has 0 bridgehead atoms. The van der Waals surface area contributed by atoms with E-state index in [0.717, 1.165) is 12.8 Å². The topological polar surface area (TPSA) is 101 Å². The Balaban J connectivity index is 1.31. The second-order valence-electron chi connectivity index (χ2n) is 11.1. The highest BCUT2D eigenvalue weighted by molar-refractivity contribution is 7.90. The molecule has 3 aromatic carbocycles. The van der Waals surface area contributed by atoms with Gasteiger partial charge in [-0.3, -0.25) is 4.79 Å². The van der Waals surface area contributed by atoms with Crippen LogP contribution >= 0.6 is 0 Å². The lowest BCUT2D eigenvalue weighted by atomic mass is 9.85. The van der Waals surface area contributed by atoms with Gasteiger partial charge in [-0.15, -0.1) is 0 Å². The van der Waals surface area contributed by atoms with Crippen LogP contribution in [0.3, 0.4) is 0 Å². The Kier molecular flexibility index (Phi) is 10.0. The normalized spacial score (nSPS) is 13.8. The maximum absolute atomic E-state index is 13.4. The van der Waals surface area contributed by atoms with Crippen molar-refractivity contribution < 1.29 is 17.9 Å². The number of anilines is 1. The van der Waals surface area contributed by atoms with E-state index in [1.54, 1.807) is 12.1 Å². The van der Waals surface area contributed by atoms with Crippen LogP contribution in [0.5, 0.6) is 11.5 Å². The van der Waals surface area contributed by atoms with Gasteiger partial charge in [0, 0.05) is 19.8 Å². The number of amides is 1. The predicted octanol–water partition coefficient (Wildman–Crippen LogP) is 6.58. The van der Waals surface area contributed by atoms with Gasteiger partial charge in [-0.2, -0.15) is 0 Å². The highest BCUT2D eigenvalue weighted by Crippen LogP contribution is 2.28. The Morgan fingerprint density at radius 1 is 0.884 bits per heavy atom. The molecule has 43 heavy (non-hydrogen) atoms. The van der Waals surface area contributed by atoms with Crippen LogP contribution in [0.25, 0.3) is 0 Å². The van der Waals surface area contributed by atoms with Gasteiger partial charge >= 0.3 is 0 Å². The number of hydrogen-bond donors (Lipinski definition) is 1. The fourth-order valence-corrected chi connectivity index (χ4v) is 6.34. The number of nitrogens with zero attached hydrogens (tertiary/aromatic N) is 3. The van der Waals surface area contributed by atoms with Crippen LogP contribution in [-0.2, 0) is 22.9 Å². The summed E-state index contributed by atoms with van der Waals surface area (Å²) in [7, 11) is -2.21. The minimum absolute atomic E-state index is 0.0387. The van der Waals surface area contributed by atoms with Crippen LogP contribution in [-0.4, -0.2) is 37.9 Å². The first-order chi connectivity index (χ1) is 20.9. The second-order valence-corrected chi connectivity index (χ2v) is 12.7. The van der Waals surface area contributed by atoms with Crippen LogP contribution in [0.15, 0.2) is 96.0 Å². The molecule has 1 N–H and O–H groups in total. The maximum Gasteiger partial charge on any atom is 0.268 e. The molecular formula is C34H38N4O4S. The van der Waals surface area contributed by atoms with Crippen molar-refractivity contribution in [1.82, 2.24) is 14.7 Å². The number of sulfonamides is 1. The smallest absolute Gasteiger partial charge is 0.268 e. The highest BCUT2D eigenvalue weighted by atomic mass is 32.2. The zero-order valence-corrected chi connectivity index (χ0v) is 25.3. The number of hydrogen-bond acceptors (Lipinski definition) is 7. The van der Waals surface area contributed by atoms with E-state index < -0.39 is 15.9 Å². The Bertz CT molecular complexity index is 1590. The fourth-order valence-electron chi connectivity index (χ4n) is 5.38. The third-order valence-corrected chi connectivity index (χ3v) is 9.22. The molecule has 1 aromatic heterocycles. The first-order valence-corrected chi connectivity index (χ1v) is 16.4. The van der Waals surface area contributed by atoms with Crippen molar-refractivity contribution in [3.05, 3.63) is 108 Å². The van der Waals surface area contributed by atoms with Gasteiger partial charge in [-0.05, 0) is 67.1 Å². The van der Waals surface area contributed by atoms with Crippen LogP contribution < -0.4 is 14.4 Å². The fraction of sp³-hybridized carbons (Fsp3) is 0.324. The van der Waals surface area contributed by atoms with Gasteiger partial charge in [0.05, 0.1) is 16.2 Å². The van der Waals surface area contributed by atoms with Gasteiger partial charge in [-0.25, -0.2) is 23.1 Å². The van der Waals surface area contributed by atoms with Crippen molar-refractivity contribution in [3.63, 3.8) is 0 Å². The monoisotopic (exact) mass is 598 g/mol. The maximum atomic E-state index is 13.4. The molecule has 0 radical (unpaired) electrons. The van der Waals surface area contributed by atoms with E-state index in [1.807, 2.05) is 60.5 Å². The number of benzene rings is 3. The Morgan fingerprint density at radius 2 is 1.53 bits per heavy atom. The van der Waals surface area contributed by atoms with Crippen LogP contribution in [0.1, 0.15) is 60.1 Å². The molecule has 1 saturated carbocycles. The summed E-state index contributed by atoms with van der Waals surface area (Å²) >= 11 is 0. The number of aryl methyl sites for hydroxylation is 1. The molecule has 9 heteroatoms. The standard InChI is InChI=1S/C34H38N4O4S/c1-38(24-23-27-13-7-3-8-14-27)34-35-25-31(32(36-34)22-17-26-11-5-2-6-12-26)33(39)37-43(40,41)30-20-18-29(19-21-30)42-28-15-9-4-10-16-28/h3-4,7-10,13-16,18-21,25-26H,2,5-6,11-12,17,22-24H2,1H3,(H,37,39). The lowest BCUT2D eigenvalue weighted by Gasteiger charge is -2.22. The third kappa shape index (κ3) is 8.41. The van der Waals surface area contributed by atoms with Crippen LogP contribution in [0.4, 0.5) is 5.95 Å². The average Bonchev–Trinajstić information content (AvgIpc) is 3.04. The Hall–Kier alpha value is -4.24. The van der Waals surface area contributed by atoms with Gasteiger partial charge in [0.1, 0.15) is 11.5 Å². The third-order valence-electron chi connectivity index (χ3n) is 7.87. The molecule has 1 heterocycles. The molecular weight excluding hydrogens is 560 g/mol. The second kappa shape index (κ2) is 14.3. The number of ether oxygens (including phenoxy) is 1. The van der Waals surface area contributed by atoms with E-state index in [-0.39, 0.29) is 10.5 Å². The van der Waals surface area contributed by atoms with Crippen molar-refractivity contribution in [2.45, 2.75) is 56.3 Å². The Labute approximate surface area is 254 Å². The quantitative estimate of drug-likeness (QED) is 0.197. The molecule has 8 nitrogen and oxygen atoms in total. The average molecular weight is 599 g/mol. The Morgan fingerprint density at radius 3 is 2.23 bits per heavy atom. The molecule has 0 aliphatic heterocycles. The molecule has 1 aliphatic carbocycles. The molecule has 1 fully saturated rings. The molecule has 0 atom stereocenters. The molecule has 0 saturated heterocycles. The number of carbonyl (C=O) groups is 1. The first-order valence-electron chi connectivity index (χ1n) is 14.9. The van der Waals surface area contributed by atoms with Gasteiger partial charge < -0.3 is 9.64 Å². The van der Waals surface area contributed by atoms with E-state index in [0.29, 0.717) is 42.0 Å². The molecule has 0 spiro atoms. The van der Waals surface area contributed by atoms with E-state index in [2.05, 4.69) is 21.8 Å². The lowest BCUT2D eigenvalue weighted by Crippen LogP contribution is -2.32. The number of para-hydroxylation sites is 1. The number of likely N-dealkylation sites (N-methyl/N-ethyl adjacent to an activating group) is 1. The molecule has 5 rings (SSSR count). The number of aromatic nitrogens is 2. The number of carbonyl (C=O) groups excluding carboxylic acids is 1. The molecule has 224 valence electrons. The first kappa shape index (κ1) is 30.2. The van der Waals surface area contributed by atoms with E-state index >= 15 is 0 Å². The van der Waals surface area contributed by atoms with Gasteiger partial charge in [0.2, 0.25) is 5.95 Å². The van der Waals surface area contributed by atoms with Crippen LogP contribution in [0, 0.1) is 5.92 Å². The lowest BCUT2D eigenvalue weighted by molar-refractivity contribution is 0.0979. The van der Waals surface area contributed by atoms with Crippen molar-refractivity contribution in [2.75, 3.05) is 18.5 Å². The summed E-state index contributed by atoms with van der Waals surface area (Å²) < 4.78 is 34.3. The summed E-state index contributed by atoms with van der Waals surface area (Å²) in [6.07, 6.45) is 9.84. The zero-order chi connectivity index (χ0) is 30.1. The van der Waals surface area contributed by atoms with Gasteiger partial charge in [0.25, 0.3) is 15.9 Å². The summed E-state index contributed by atoms with van der Waals surface area (Å²) in [4.78, 5) is 24.6. The summed E-state index contributed by atoms with van der Waals surface area (Å²) in [6.45, 7) is 0.704. The van der Waals surface area contributed by atoms with E-state index in [1.165, 1.54) is 56.0 Å². The van der Waals surface area contributed by atoms with Crippen molar-refractivity contribution in [3.8, 4) is 11.5 Å². The zero-order valence-electron chi connectivity index (χ0n) is 24.5. The van der Waals surface area contributed by atoms with Crippen molar-refractivity contribution in [1.29, 1.82) is 0 Å². The van der Waals surface area contributed by atoms with Crippen molar-refractivity contribution >= 4 is 21.9 Å². The van der Waals surface area contributed by atoms with E-state index in [9.17, 15) is 13.2 Å². The summed E-state index contributed by atoms with van der Waals surface area (Å²) in [5.74, 6) is 1.49. The summed E-state index contributed by atoms with van der Waals surface area (Å²) in [5, 5.41) is 0. The molecule has 4 aromatic rings. The molecule has 1 amide bonds.